The molecular weight excluding hydrogens is 338 g/mol. The Hall–Kier alpha value is -3.00. The highest BCUT2D eigenvalue weighted by atomic mass is 35.5. The number of nitrogens with zero attached hydrogens (tertiary/aromatic N) is 2. The van der Waals surface area contributed by atoms with Gasteiger partial charge in [-0.2, -0.15) is 0 Å². The van der Waals surface area contributed by atoms with Gasteiger partial charge < -0.3 is 10.1 Å². The second-order valence-electron chi connectivity index (χ2n) is 4.68. The van der Waals surface area contributed by atoms with Crippen LogP contribution in [-0.4, -0.2) is 27.9 Å². The molecule has 0 aliphatic heterocycles. The minimum absolute atomic E-state index is 0.0172. The number of carbonyl (C=O) groups excluding carboxylic acids is 2. The number of esters is 1. The van der Waals surface area contributed by atoms with Crippen LogP contribution in [-0.2, 0) is 9.53 Å². The van der Waals surface area contributed by atoms with Crippen molar-refractivity contribution in [2.45, 2.75) is 13.0 Å². The van der Waals surface area contributed by atoms with Crippen LogP contribution in [0.4, 0.5) is 11.4 Å². The van der Waals surface area contributed by atoms with E-state index in [2.05, 4.69) is 10.3 Å². The number of amides is 1. The van der Waals surface area contributed by atoms with Gasteiger partial charge in [-0.1, -0.05) is 23.7 Å². The summed E-state index contributed by atoms with van der Waals surface area (Å²) in [4.78, 5) is 38.0. The predicted molar refractivity (Wildman–Crippen MR) is 85.9 cm³/mol. The van der Waals surface area contributed by atoms with Crippen LogP contribution < -0.4 is 5.32 Å². The molecule has 0 radical (unpaired) electrons. The minimum atomic E-state index is -1.16. The van der Waals surface area contributed by atoms with Crippen molar-refractivity contribution in [3.8, 4) is 0 Å². The van der Waals surface area contributed by atoms with Gasteiger partial charge in [-0.25, -0.2) is 9.78 Å². The molecule has 8 nitrogen and oxygen atoms in total. The van der Waals surface area contributed by atoms with E-state index in [9.17, 15) is 19.7 Å². The van der Waals surface area contributed by atoms with E-state index >= 15 is 0 Å². The molecule has 0 bridgehead atoms. The zero-order chi connectivity index (χ0) is 17.7. The first-order chi connectivity index (χ1) is 11.4. The summed E-state index contributed by atoms with van der Waals surface area (Å²) in [6, 6.07) is 8.48. The number of ether oxygens (including phenoxy) is 1. The molecule has 1 aromatic heterocycles. The van der Waals surface area contributed by atoms with Crippen LogP contribution in [0.3, 0.4) is 0 Å². The van der Waals surface area contributed by atoms with Crippen molar-refractivity contribution in [3.05, 3.63) is 63.4 Å². The van der Waals surface area contributed by atoms with E-state index in [1.807, 2.05) is 0 Å². The number of nitrogens with one attached hydrogen (secondary N) is 1. The smallest absolute Gasteiger partial charge is 0.340 e. The van der Waals surface area contributed by atoms with Gasteiger partial charge >= 0.3 is 5.97 Å². The number of aromatic nitrogens is 1. The summed E-state index contributed by atoms with van der Waals surface area (Å²) in [6.45, 7) is 1.35. The molecule has 1 heterocycles. The van der Waals surface area contributed by atoms with Crippen molar-refractivity contribution >= 4 is 34.9 Å². The molecule has 2 rings (SSSR count). The Bertz CT molecular complexity index is 779. The average molecular weight is 350 g/mol. The van der Waals surface area contributed by atoms with E-state index in [-0.39, 0.29) is 22.1 Å². The van der Waals surface area contributed by atoms with E-state index < -0.39 is 22.9 Å². The van der Waals surface area contributed by atoms with Crippen molar-refractivity contribution in [2.24, 2.45) is 0 Å². The Morgan fingerprint density at radius 2 is 2.00 bits per heavy atom. The number of halogens is 1. The topological polar surface area (TPSA) is 111 Å². The maximum Gasteiger partial charge on any atom is 0.340 e. The summed E-state index contributed by atoms with van der Waals surface area (Å²) in [5, 5.41) is 13.5. The van der Waals surface area contributed by atoms with Crippen molar-refractivity contribution in [1.82, 2.24) is 4.98 Å². The van der Waals surface area contributed by atoms with Crippen LogP contribution in [0, 0.1) is 10.1 Å². The van der Waals surface area contributed by atoms with Gasteiger partial charge in [-0.05, 0) is 25.1 Å². The summed E-state index contributed by atoms with van der Waals surface area (Å²) in [5.41, 5.74) is -0.112. The highest BCUT2D eigenvalue weighted by Gasteiger charge is 2.22. The van der Waals surface area contributed by atoms with Crippen molar-refractivity contribution < 1.29 is 19.2 Å². The highest BCUT2D eigenvalue weighted by molar-refractivity contribution is 6.29. The van der Waals surface area contributed by atoms with Gasteiger partial charge in [0.1, 0.15) is 10.8 Å². The van der Waals surface area contributed by atoms with Gasteiger partial charge in [-0.15, -0.1) is 0 Å². The molecule has 124 valence electrons. The molecule has 2 aromatic rings. The molecule has 1 amide bonds. The minimum Gasteiger partial charge on any atom is -0.449 e. The lowest BCUT2D eigenvalue weighted by molar-refractivity contribution is -0.383. The summed E-state index contributed by atoms with van der Waals surface area (Å²) in [5.74, 6) is -1.45. The lowest BCUT2D eigenvalue weighted by atomic mass is 10.2. The van der Waals surface area contributed by atoms with Crippen LogP contribution in [0.5, 0.6) is 0 Å². The number of nitro benzene ring substituents is 1. The number of hydrogen-bond donors (Lipinski definition) is 1. The molecule has 9 heteroatoms. The molecule has 0 aliphatic carbocycles. The first-order valence-corrected chi connectivity index (χ1v) is 7.13. The van der Waals surface area contributed by atoms with Crippen molar-refractivity contribution in [2.75, 3.05) is 5.32 Å². The van der Waals surface area contributed by atoms with Crippen molar-refractivity contribution in [3.63, 3.8) is 0 Å². The van der Waals surface area contributed by atoms with Gasteiger partial charge in [0.15, 0.2) is 6.10 Å². The molecule has 0 aliphatic rings. The monoisotopic (exact) mass is 349 g/mol. The third-order valence-corrected chi connectivity index (χ3v) is 3.20. The molecule has 0 unspecified atom stereocenters. The van der Waals surface area contributed by atoms with Crippen LogP contribution in [0.15, 0.2) is 42.6 Å². The molecule has 0 fully saturated rings. The normalized spacial score (nSPS) is 11.4. The Kier molecular flexibility index (Phi) is 5.43. The molecule has 1 aromatic carbocycles. The van der Waals surface area contributed by atoms with Gasteiger partial charge in [0.05, 0.1) is 10.5 Å². The number of carbonyl (C=O) groups is 2. The third-order valence-electron chi connectivity index (χ3n) is 2.97. The first-order valence-electron chi connectivity index (χ1n) is 6.75. The number of anilines is 1. The largest absolute Gasteiger partial charge is 0.449 e. The highest BCUT2D eigenvalue weighted by Crippen LogP contribution is 2.23. The summed E-state index contributed by atoms with van der Waals surface area (Å²) >= 11 is 5.62. The van der Waals surface area contributed by atoms with Crippen LogP contribution in [0.25, 0.3) is 0 Å². The van der Waals surface area contributed by atoms with Crippen LogP contribution >= 0.6 is 11.6 Å². The SMILES string of the molecule is C[C@@H](OC(=O)c1ccc(Cl)nc1)C(=O)Nc1ccccc1[N+](=O)[O-]. The lowest BCUT2D eigenvalue weighted by Crippen LogP contribution is -2.30. The van der Waals surface area contributed by atoms with Crippen molar-refractivity contribution in [1.29, 1.82) is 0 Å². The third kappa shape index (κ3) is 4.26. The standard InChI is InChI=1S/C15H12ClN3O5/c1-9(24-15(21)10-6-7-13(16)17-8-10)14(20)18-11-4-2-3-5-12(11)19(22)23/h2-9H,1H3,(H,18,20)/t9-/m1/s1. The second kappa shape index (κ2) is 7.51. The zero-order valence-electron chi connectivity index (χ0n) is 12.4. The lowest BCUT2D eigenvalue weighted by Gasteiger charge is -2.13. The van der Waals surface area contributed by atoms with Gasteiger partial charge in [0.2, 0.25) is 0 Å². The number of rotatable bonds is 5. The van der Waals surface area contributed by atoms with Crippen LogP contribution in [0.2, 0.25) is 5.15 Å². The van der Waals surface area contributed by atoms with E-state index in [4.69, 9.17) is 16.3 Å². The van der Waals surface area contributed by atoms with E-state index in [0.29, 0.717) is 0 Å². The van der Waals surface area contributed by atoms with Crippen LogP contribution in [0.1, 0.15) is 17.3 Å². The first kappa shape index (κ1) is 17.4. The number of nitro groups is 1. The van der Waals surface area contributed by atoms with E-state index in [1.165, 1.54) is 43.5 Å². The molecular formula is C15H12ClN3O5. The summed E-state index contributed by atoms with van der Waals surface area (Å²) in [6.07, 6.45) is 0.0603. The molecule has 1 atom stereocenters. The average Bonchev–Trinajstić information content (AvgIpc) is 2.55. The summed E-state index contributed by atoms with van der Waals surface area (Å²) < 4.78 is 5.01. The predicted octanol–water partition coefficient (Wildman–Crippen LogP) is 2.83. The fourth-order valence-electron chi connectivity index (χ4n) is 1.75. The fourth-order valence-corrected chi connectivity index (χ4v) is 1.86. The fraction of sp³-hybridized carbons (Fsp3) is 0.133. The molecule has 24 heavy (non-hydrogen) atoms. The zero-order valence-corrected chi connectivity index (χ0v) is 13.2. The number of pyridine rings is 1. The van der Waals surface area contributed by atoms with Gasteiger partial charge in [-0.3, -0.25) is 14.9 Å². The quantitative estimate of drug-likeness (QED) is 0.384. The Labute approximate surface area is 141 Å². The summed E-state index contributed by atoms with van der Waals surface area (Å²) in [7, 11) is 0. The Balaban J connectivity index is 2.04. The van der Waals surface area contributed by atoms with Gasteiger partial charge in [0, 0.05) is 12.3 Å². The molecule has 1 N–H and O–H groups in total. The van der Waals surface area contributed by atoms with Gasteiger partial charge in [0.25, 0.3) is 11.6 Å². The van der Waals surface area contributed by atoms with E-state index in [1.54, 1.807) is 6.07 Å². The molecule has 0 saturated carbocycles. The number of hydrogen-bond acceptors (Lipinski definition) is 6. The maximum atomic E-state index is 12.1. The Morgan fingerprint density at radius 3 is 2.62 bits per heavy atom. The van der Waals surface area contributed by atoms with E-state index in [0.717, 1.165) is 0 Å². The number of para-hydroxylation sites is 2. The second-order valence-corrected chi connectivity index (χ2v) is 5.07. The maximum absolute atomic E-state index is 12.1. The Morgan fingerprint density at radius 1 is 1.29 bits per heavy atom. The molecule has 0 saturated heterocycles. The molecule has 0 spiro atoms. The number of benzene rings is 1.